The minimum Gasteiger partial charge on any atom is -0.298 e. The van der Waals surface area contributed by atoms with Crippen molar-refractivity contribution in [3.05, 3.63) is 64.8 Å². The third kappa shape index (κ3) is 3.71. The molecule has 0 saturated heterocycles. The van der Waals surface area contributed by atoms with Crippen molar-refractivity contribution in [2.24, 2.45) is 0 Å². The van der Waals surface area contributed by atoms with Gasteiger partial charge >= 0.3 is 0 Å². The molecule has 3 heteroatoms. The number of carbonyl (C=O) groups is 1. The van der Waals surface area contributed by atoms with Crippen LogP contribution in [-0.2, 0) is 4.79 Å². The molecule has 0 atom stereocenters. The summed E-state index contributed by atoms with van der Waals surface area (Å²) in [5.74, 6) is -1.04. The molecule has 0 aliphatic carbocycles. The van der Waals surface area contributed by atoms with Gasteiger partial charge in [-0.1, -0.05) is 12.6 Å². The first-order chi connectivity index (χ1) is 8.86. The summed E-state index contributed by atoms with van der Waals surface area (Å²) in [7, 11) is 0. The Morgan fingerprint density at radius 2 is 1.89 bits per heavy atom. The Balaban J connectivity index is 3.25. The maximum absolute atomic E-state index is 13.9. The molecule has 100 valence electrons. The number of hydrogen-bond acceptors (Lipinski definition) is 1. The van der Waals surface area contributed by atoms with Gasteiger partial charge in [-0.2, -0.15) is 0 Å². The molecule has 0 fully saturated rings. The SMILES string of the molecule is C=C(C=O)/C=C\C(F)=C(/C)c1c(C)cc(C)cc1F. The molecule has 19 heavy (non-hydrogen) atoms. The predicted octanol–water partition coefficient (Wildman–Crippen LogP) is 4.45. The van der Waals surface area contributed by atoms with E-state index < -0.39 is 11.6 Å². The number of carbonyl (C=O) groups excluding carboxylic acids is 1. The average molecular weight is 262 g/mol. The summed E-state index contributed by atoms with van der Waals surface area (Å²) in [6.07, 6.45) is 2.90. The first-order valence-electron chi connectivity index (χ1n) is 5.82. The molecule has 0 aliphatic heterocycles. The lowest BCUT2D eigenvalue weighted by Crippen LogP contribution is -1.94. The van der Waals surface area contributed by atoms with E-state index >= 15 is 0 Å². The Hall–Kier alpha value is -2.03. The van der Waals surface area contributed by atoms with E-state index in [0.29, 0.717) is 11.8 Å². The maximum Gasteiger partial charge on any atom is 0.149 e. The van der Waals surface area contributed by atoms with Crippen molar-refractivity contribution >= 4 is 11.9 Å². The number of rotatable bonds is 4. The fourth-order valence-corrected chi connectivity index (χ4v) is 1.85. The highest BCUT2D eigenvalue weighted by molar-refractivity contribution is 5.77. The molecule has 0 amide bonds. The molecular formula is C16H16F2O. The normalized spacial score (nSPS) is 12.5. The van der Waals surface area contributed by atoms with Crippen LogP contribution >= 0.6 is 0 Å². The van der Waals surface area contributed by atoms with Crippen LogP contribution in [0.4, 0.5) is 8.78 Å². The highest BCUT2D eigenvalue weighted by Gasteiger charge is 2.11. The third-order valence-corrected chi connectivity index (χ3v) is 2.76. The van der Waals surface area contributed by atoms with Crippen molar-refractivity contribution in [3.8, 4) is 0 Å². The van der Waals surface area contributed by atoms with Crippen molar-refractivity contribution in [2.45, 2.75) is 20.8 Å². The molecule has 1 aromatic rings. The Kier molecular flexibility index (Phi) is 4.93. The maximum atomic E-state index is 13.9. The minimum atomic E-state index is -0.589. The van der Waals surface area contributed by atoms with Gasteiger partial charge in [-0.25, -0.2) is 8.78 Å². The molecule has 0 radical (unpaired) electrons. The molecule has 0 saturated carbocycles. The van der Waals surface area contributed by atoms with E-state index in [1.165, 1.54) is 19.1 Å². The van der Waals surface area contributed by atoms with Gasteiger partial charge in [0.2, 0.25) is 0 Å². The lowest BCUT2D eigenvalue weighted by atomic mass is 9.98. The van der Waals surface area contributed by atoms with E-state index in [4.69, 9.17) is 0 Å². The Morgan fingerprint density at radius 3 is 2.42 bits per heavy atom. The highest BCUT2D eigenvalue weighted by Crippen LogP contribution is 2.27. The van der Waals surface area contributed by atoms with Gasteiger partial charge < -0.3 is 0 Å². The van der Waals surface area contributed by atoms with Crippen molar-refractivity contribution in [1.29, 1.82) is 0 Å². The molecule has 0 aromatic heterocycles. The Bertz CT molecular complexity index is 557. The molecule has 0 unspecified atom stereocenters. The van der Waals surface area contributed by atoms with E-state index in [2.05, 4.69) is 6.58 Å². The summed E-state index contributed by atoms with van der Waals surface area (Å²) in [6.45, 7) is 8.42. The lowest BCUT2D eigenvalue weighted by molar-refractivity contribution is -0.104. The molecule has 1 aromatic carbocycles. The molecule has 1 rings (SSSR count). The first-order valence-corrected chi connectivity index (χ1v) is 5.82. The van der Waals surface area contributed by atoms with Crippen LogP contribution in [0, 0.1) is 19.7 Å². The predicted molar refractivity (Wildman–Crippen MR) is 73.9 cm³/mol. The summed E-state index contributed by atoms with van der Waals surface area (Å²) < 4.78 is 27.8. The van der Waals surface area contributed by atoms with Crippen molar-refractivity contribution < 1.29 is 13.6 Å². The quantitative estimate of drug-likeness (QED) is 0.445. The second-order valence-corrected chi connectivity index (χ2v) is 4.44. The third-order valence-electron chi connectivity index (χ3n) is 2.76. The zero-order valence-electron chi connectivity index (χ0n) is 11.3. The fourth-order valence-electron chi connectivity index (χ4n) is 1.85. The van der Waals surface area contributed by atoms with Gasteiger partial charge in [-0.15, -0.1) is 0 Å². The second-order valence-electron chi connectivity index (χ2n) is 4.44. The highest BCUT2D eigenvalue weighted by atomic mass is 19.1. The van der Waals surface area contributed by atoms with E-state index in [1.54, 1.807) is 19.9 Å². The zero-order chi connectivity index (χ0) is 14.6. The van der Waals surface area contributed by atoms with Crippen LogP contribution in [0.3, 0.4) is 0 Å². The van der Waals surface area contributed by atoms with E-state index in [-0.39, 0.29) is 16.7 Å². The summed E-state index contributed by atoms with van der Waals surface area (Å²) in [5.41, 5.74) is 2.07. The van der Waals surface area contributed by atoms with Crippen LogP contribution in [0.1, 0.15) is 23.6 Å². The Labute approximate surface area is 112 Å². The van der Waals surface area contributed by atoms with Crippen LogP contribution in [0.2, 0.25) is 0 Å². The van der Waals surface area contributed by atoms with E-state index in [1.807, 2.05) is 0 Å². The van der Waals surface area contributed by atoms with Crippen LogP contribution in [0.25, 0.3) is 5.57 Å². The summed E-state index contributed by atoms with van der Waals surface area (Å²) in [4.78, 5) is 10.4. The molecular weight excluding hydrogens is 246 g/mol. The van der Waals surface area contributed by atoms with Crippen molar-refractivity contribution in [3.63, 3.8) is 0 Å². The number of hydrogen-bond donors (Lipinski definition) is 0. The number of aryl methyl sites for hydroxylation is 2. The number of benzene rings is 1. The van der Waals surface area contributed by atoms with E-state index in [9.17, 15) is 13.6 Å². The number of allylic oxidation sites excluding steroid dienone is 5. The van der Waals surface area contributed by atoms with Gasteiger partial charge in [0.05, 0.1) is 0 Å². The van der Waals surface area contributed by atoms with Gasteiger partial charge in [0.25, 0.3) is 0 Å². The van der Waals surface area contributed by atoms with Crippen LogP contribution in [0.15, 0.2) is 42.3 Å². The van der Waals surface area contributed by atoms with Gasteiger partial charge in [-0.05, 0) is 55.7 Å². The summed E-state index contributed by atoms with van der Waals surface area (Å²) >= 11 is 0. The lowest BCUT2D eigenvalue weighted by Gasteiger charge is -2.09. The van der Waals surface area contributed by atoms with Gasteiger partial charge in [0, 0.05) is 11.1 Å². The fraction of sp³-hybridized carbons (Fsp3) is 0.188. The summed E-state index contributed by atoms with van der Waals surface area (Å²) in [6, 6.07) is 3.16. The van der Waals surface area contributed by atoms with Gasteiger partial charge in [0.15, 0.2) is 0 Å². The van der Waals surface area contributed by atoms with Crippen LogP contribution < -0.4 is 0 Å². The monoisotopic (exact) mass is 262 g/mol. The largest absolute Gasteiger partial charge is 0.298 e. The standard InChI is InChI=1S/C16H16F2O/c1-10(9-19)5-6-14(17)13(4)16-12(3)7-11(2)8-15(16)18/h5-9H,1H2,2-4H3/b6-5-,14-13-. The topological polar surface area (TPSA) is 17.1 Å². The molecule has 0 heterocycles. The zero-order valence-corrected chi connectivity index (χ0v) is 11.3. The smallest absolute Gasteiger partial charge is 0.149 e. The van der Waals surface area contributed by atoms with Crippen molar-refractivity contribution in [2.75, 3.05) is 0 Å². The Morgan fingerprint density at radius 1 is 1.26 bits per heavy atom. The second kappa shape index (κ2) is 6.23. The van der Waals surface area contributed by atoms with E-state index in [0.717, 1.165) is 11.6 Å². The van der Waals surface area contributed by atoms with Crippen molar-refractivity contribution in [1.82, 2.24) is 0 Å². The minimum absolute atomic E-state index is 0.157. The number of halogens is 2. The molecule has 0 spiro atoms. The van der Waals surface area contributed by atoms with Gasteiger partial charge in [-0.3, -0.25) is 4.79 Å². The van der Waals surface area contributed by atoms with Crippen LogP contribution in [-0.4, -0.2) is 6.29 Å². The molecule has 1 nitrogen and oxygen atoms in total. The molecule has 0 bridgehead atoms. The number of aldehydes is 1. The van der Waals surface area contributed by atoms with Gasteiger partial charge in [0.1, 0.15) is 17.9 Å². The van der Waals surface area contributed by atoms with Crippen LogP contribution in [0.5, 0.6) is 0 Å². The molecule has 0 aliphatic rings. The summed E-state index contributed by atoms with van der Waals surface area (Å²) in [5, 5.41) is 0. The average Bonchev–Trinajstić information content (AvgIpc) is 2.33. The first kappa shape index (κ1) is 15.0. The molecule has 0 N–H and O–H groups in total.